The minimum Gasteiger partial charge on any atom is -0.304 e. The fraction of sp³-hybridized carbons (Fsp3) is 1.00. The van der Waals surface area contributed by atoms with Crippen molar-refractivity contribution < 1.29 is 8.42 Å². The first-order chi connectivity index (χ1) is 4.10. The van der Waals surface area contributed by atoms with E-state index in [1.54, 1.807) is 0 Å². The highest BCUT2D eigenvalue weighted by atomic mass is 127. The van der Waals surface area contributed by atoms with Crippen LogP contribution in [0.3, 0.4) is 0 Å². The molecule has 3 nitrogen and oxygen atoms in total. The molecule has 1 unspecified atom stereocenters. The SMILES string of the molecule is O=S1(=O)CCNC(I)C1. The Morgan fingerprint density at radius 1 is 1.56 bits per heavy atom. The summed E-state index contributed by atoms with van der Waals surface area (Å²) in [4.78, 5) is 0. The molecule has 0 saturated carbocycles. The van der Waals surface area contributed by atoms with Crippen LogP contribution < -0.4 is 5.32 Å². The van der Waals surface area contributed by atoms with Crippen molar-refractivity contribution >= 4 is 32.4 Å². The number of rotatable bonds is 0. The highest BCUT2D eigenvalue weighted by Crippen LogP contribution is 2.06. The first kappa shape index (κ1) is 7.74. The second-order valence-electron chi connectivity index (χ2n) is 2.04. The molecule has 0 radical (unpaired) electrons. The standard InChI is InChI=1S/C4H8INO2S/c5-4-3-9(7,8)2-1-6-4/h4,6H,1-3H2. The van der Waals surface area contributed by atoms with Crippen LogP contribution in [0.5, 0.6) is 0 Å². The summed E-state index contributed by atoms with van der Waals surface area (Å²) < 4.78 is 21.7. The van der Waals surface area contributed by atoms with E-state index in [2.05, 4.69) is 27.9 Å². The van der Waals surface area contributed by atoms with Crippen molar-refractivity contribution in [2.45, 2.75) is 4.05 Å². The van der Waals surface area contributed by atoms with E-state index < -0.39 is 9.84 Å². The average molecular weight is 261 g/mol. The second kappa shape index (κ2) is 2.71. The molecule has 1 rings (SSSR count). The molecular formula is C4H8INO2S. The van der Waals surface area contributed by atoms with Gasteiger partial charge in [0.2, 0.25) is 0 Å². The molecule has 0 amide bonds. The van der Waals surface area contributed by atoms with Crippen LogP contribution in [0.15, 0.2) is 0 Å². The Morgan fingerprint density at radius 2 is 2.22 bits per heavy atom. The van der Waals surface area contributed by atoms with E-state index in [9.17, 15) is 8.42 Å². The molecule has 0 aliphatic carbocycles. The summed E-state index contributed by atoms with van der Waals surface area (Å²) in [6, 6.07) is 0. The average Bonchev–Trinajstić information content (AvgIpc) is 1.60. The van der Waals surface area contributed by atoms with Crippen LogP contribution in [0.4, 0.5) is 0 Å². The van der Waals surface area contributed by atoms with Gasteiger partial charge in [-0.2, -0.15) is 0 Å². The van der Waals surface area contributed by atoms with Crippen LogP contribution in [0, 0.1) is 0 Å². The maximum atomic E-state index is 10.8. The highest BCUT2D eigenvalue weighted by molar-refractivity contribution is 14.1. The van der Waals surface area contributed by atoms with E-state index in [0.29, 0.717) is 12.3 Å². The molecule has 1 fully saturated rings. The Bertz CT molecular complexity index is 189. The van der Waals surface area contributed by atoms with Crippen LogP contribution in [0.2, 0.25) is 0 Å². The summed E-state index contributed by atoms with van der Waals surface area (Å²) in [5.74, 6) is 0.583. The molecule has 9 heavy (non-hydrogen) atoms. The van der Waals surface area contributed by atoms with Crippen molar-refractivity contribution in [3.05, 3.63) is 0 Å². The molecule has 0 aromatic carbocycles. The topological polar surface area (TPSA) is 46.2 Å². The number of halogens is 1. The first-order valence-corrected chi connectivity index (χ1v) is 5.75. The number of hydrogen-bond donors (Lipinski definition) is 1. The van der Waals surface area contributed by atoms with Gasteiger partial charge in [0.25, 0.3) is 0 Å². The molecule has 1 heterocycles. The van der Waals surface area contributed by atoms with Crippen LogP contribution in [-0.4, -0.2) is 30.5 Å². The lowest BCUT2D eigenvalue weighted by Crippen LogP contribution is -2.41. The lowest BCUT2D eigenvalue weighted by molar-refractivity contribution is 0.574. The van der Waals surface area contributed by atoms with E-state index in [1.165, 1.54) is 0 Å². The predicted molar refractivity (Wildman–Crippen MR) is 44.5 cm³/mol. The van der Waals surface area contributed by atoms with Crippen LogP contribution in [0.25, 0.3) is 0 Å². The van der Waals surface area contributed by atoms with Gasteiger partial charge in [-0.05, 0) is 0 Å². The molecule has 54 valence electrons. The Kier molecular flexibility index (Phi) is 2.33. The molecule has 1 N–H and O–H groups in total. The maximum Gasteiger partial charge on any atom is 0.153 e. The molecule has 5 heteroatoms. The van der Waals surface area contributed by atoms with Gasteiger partial charge in [-0.3, -0.25) is 0 Å². The number of alkyl halides is 1. The largest absolute Gasteiger partial charge is 0.304 e. The Morgan fingerprint density at radius 3 is 2.56 bits per heavy atom. The van der Waals surface area contributed by atoms with Crippen molar-refractivity contribution in [2.24, 2.45) is 0 Å². The van der Waals surface area contributed by atoms with Crippen molar-refractivity contribution in [3.63, 3.8) is 0 Å². The van der Waals surface area contributed by atoms with E-state index in [0.717, 1.165) is 0 Å². The monoisotopic (exact) mass is 261 g/mol. The molecule has 0 spiro atoms. The van der Waals surface area contributed by atoms with E-state index in [-0.39, 0.29) is 9.80 Å². The summed E-state index contributed by atoms with van der Waals surface area (Å²) >= 11 is 2.09. The van der Waals surface area contributed by atoms with E-state index in [1.807, 2.05) is 0 Å². The summed E-state index contributed by atoms with van der Waals surface area (Å²) in [6.45, 7) is 0.607. The smallest absolute Gasteiger partial charge is 0.153 e. The molecule has 1 saturated heterocycles. The van der Waals surface area contributed by atoms with Gasteiger partial charge in [-0.15, -0.1) is 0 Å². The number of hydrogen-bond acceptors (Lipinski definition) is 3. The van der Waals surface area contributed by atoms with Crippen LogP contribution >= 0.6 is 22.6 Å². The van der Waals surface area contributed by atoms with Crippen molar-refractivity contribution in [1.82, 2.24) is 5.32 Å². The lowest BCUT2D eigenvalue weighted by atomic mass is 10.6. The van der Waals surface area contributed by atoms with Crippen molar-refractivity contribution in [2.75, 3.05) is 18.1 Å². The predicted octanol–water partition coefficient (Wildman–Crippen LogP) is -0.234. The highest BCUT2D eigenvalue weighted by Gasteiger charge is 2.21. The molecule has 0 aromatic heterocycles. The Labute approximate surface area is 68.3 Å². The van der Waals surface area contributed by atoms with Gasteiger partial charge in [0.1, 0.15) is 0 Å². The van der Waals surface area contributed by atoms with Crippen molar-refractivity contribution in [3.8, 4) is 0 Å². The summed E-state index contributed by atoms with van der Waals surface area (Å²) in [5, 5.41) is 3.05. The first-order valence-electron chi connectivity index (χ1n) is 2.68. The maximum absolute atomic E-state index is 10.8. The third-order valence-corrected chi connectivity index (χ3v) is 4.32. The fourth-order valence-electron chi connectivity index (χ4n) is 0.736. The lowest BCUT2D eigenvalue weighted by Gasteiger charge is -2.17. The fourth-order valence-corrected chi connectivity index (χ4v) is 3.85. The summed E-state index contributed by atoms with van der Waals surface area (Å²) in [7, 11) is -2.70. The van der Waals surface area contributed by atoms with E-state index >= 15 is 0 Å². The molecule has 1 aliphatic rings. The third-order valence-electron chi connectivity index (χ3n) is 1.18. The normalized spacial score (nSPS) is 34.1. The second-order valence-corrected chi connectivity index (χ2v) is 5.77. The van der Waals surface area contributed by atoms with Crippen molar-refractivity contribution in [1.29, 1.82) is 0 Å². The summed E-state index contributed by atoms with van der Waals surface area (Å²) in [5.41, 5.74) is 0. The zero-order valence-electron chi connectivity index (χ0n) is 4.80. The van der Waals surface area contributed by atoms with Gasteiger partial charge in [-0.1, -0.05) is 22.6 Å². The molecule has 1 atom stereocenters. The zero-order chi connectivity index (χ0) is 6.91. The Hall–Kier alpha value is 0.640. The number of sulfone groups is 1. The van der Waals surface area contributed by atoms with Gasteiger partial charge in [0.05, 0.1) is 15.6 Å². The molecule has 0 bridgehead atoms. The van der Waals surface area contributed by atoms with E-state index in [4.69, 9.17) is 0 Å². The Balaban J connectivity index is 2.62. The van der Waals surface area contributed by atoms with Gasteiger partial charge in [0.15, 0.2) is 9.84 Å². The molecule has 0 aromatic rings. The van der Waals surface area contributed by atoms with Crippen LogP contribution in [-0.2, 0) is 9.84 Å². The van der Waals surface area contributed by atoms with Gasteiger partial charge < -0.3 is 5.32 Å². The zero-order valence-corrected chi connectivity index (χ0v) is 7.78. The van der Waals surface area contributed by atoms with Gasteiger partial charge in [-0.25, -0.2) is 8.42 Å². The summed E-state index contributed by atoms with van der Waals surface area (Å²) in [6.07, 6.45) is 0. The van der Waals surface area contributed by atoms with Gasteiger partial charge in [0, 0.05) is 6.54 Å². The minimum atomic E-state index is -2.70. The third kappa shape index (κ3) is 2.38. The quantitative estimate of drug-likeness (QED) is 0.372. The minimum absolute atomic E-state index is 0.112. The molecule has 1 aliphatic heterocycles. The number of nitrogens with one attached hydrogen (secondary N) is 1. The van der Waals surface area contributed by atoms with Gasteiger partial charge >= 0.3 is 0 Å². The van der Waals surface area contributed by atoms with Crippen LogP contribution in [0.1, 0.15) is 0 Å². The molecular weight excluding hydrogens is 253 g/mol.